The van der Waals surface area contributed by atoms with Crippen molar-refractivity contribution < 1.29 is 30.8 Å². The highest BCUT2D eigenvalue weighted by Gasteiger charge is 2.48. The van der Waals surface area contributed by atoms with Crippen molar-refractivity contribution in [2.24, 2.45) is 0 Å². The van der Waals surface area contributed by atoms with Crippen LogP contribution in [-0.2, 0) is 14.6 Å². The van der Waals surface area contributed by atoms with Crippen LogP contribution in [0.15, 0.2) is 23.1 Å². The average Bonchev–Trinajstić information content (AvgIpc) is 2.79. The summed E-state index contributed by atoms with van der Waals surface area (Å²) < 4.78 is 76.1. The fraction of sp³-hybridized carbons (Fsp3) is 0.562. The first kappa shape index (κ1) is 21.4. The van der Waals surface area contributed by atoms with E-state index in [2.05, 4.69) is 5.32 Å². The normalized spacial score (nSPS) is 16.9. The summed E-state index contributed by atoms with van der Waals surface area (Å²) in [6.07, 6.45) is 0.516. The second-order valence-corrected chi connectivity index (χ2v) is 8.04. The molecule has 1 fully saturated rings. The van der Waals surface area contributed by atoms with E-state index in [1.165, 1.54) is 4.90 Å². The molecule has 0 saturated carbocycles. The molecule has 0 spiro atoms. The minimum Gasteiger partial charge on any atom is -0.369 e. The SMILES string of the molecule is CCNC(=O)CN1CCCN(c2ccc(F)cc2S(=O)(=O)C(F)(F)F)CC1. The molecule has 0 radical (unpaired) electrons. The van der Waals surface area contributed by atoms with Gasteiger partial charge in [-0.25, -0.2) is 12.8 Å². The first-order chi connectivity index (χ1) is 12.6. The molecule has 2 rings (SSSR count). The van der Waals surface area contributed by atoms with Crippen molar-refractivity contribution in [3.63, 3.8) is 0 Å². The van der Waals surface area contributed by atoms with Crippen molar-refractivity contribution in [1.82, 2.24) is 10.2 Å². The summed E-state index contributed by atoms with van der Waals surface area (Å²) in [5.41, 5.74) is -5.71. The van der Waals surface area contributed by atoms with Gasteiger partial charge >= 0.3 is 5.51 Å². The Balaban J connectivity index is 2.25. The number of benzene rings is 1. The van der Waals surface area contributed by atoms with Crippen LogP contribution in [0.2, 0.25) is 0 Å². The summed E-state index contributed by atoms with van der Waals surface area (Å²) in [5, 5.41) is 2.67. The second-order valence-electron chi connectivity index (χ2n) is 6.13. The summed E-state index contributed by atoms with van der Waals surface area (Å²) >= 11 is 0. The quantitative estimate of drug-likeness (QED) is 0.748. The molecule has 1 aromatic carbocycles. The maximum atomic E-state index is 13.5. The van der Waals surface area contributed by atoms with Gasteiger partial charge in [0, 0.05) is 32.7 Å². The molecule has 0 aliphatic carbocycles. The van der Waals surface area contributed by atoms with E-state index in [-0.39, 0.29) is 31.2 Å². The van der Waals surface area contributed by atoms with Crippen molar-refractivity contribution in [2.75, 3.05) is 44.2 Å². The molecule has 1 saturated heterocycles. The molecule has 0 aromatic heterocycles. The lowest BCUT2D eigenvalue weighted by atomic mass is 10.2. The molecule has 1 N–H and O–H groups in total. The largest absolute Gasteiger partial charge is 0.501 e. The van der Waals surface area contributed by atoms with E-state index >= 15 is 0 Å². The molecule has 1 amide bonds. The van der Waals surface area contributed by atoms with Crippen LogP contribution < -0.4 is 10.2 Å². The smallest absolute Gasteiger partial charge is 0.369 e. The number of likely N-dealkylation sites (N-methyl/N-ethyl adjacent to an activating group) is 1. The van der Waals surface area contributed by atoms with Crippen molar-refractivity contribution in [2.45, 2.75) is 23.7 Å². The third-order valence-electron chi connectivity index (χ3n) is 4.19. The van der Waals surface area contributed by atoms with Gasteiger partial charge in [0.1, 0.15) is 10.7 Å². The molecule has 0 unspecified atom stereocenters. The van der Waals surface area contributed by atoms with Crippen LogP contribution in [0.5, 0.6) is 0 Å². The van der Waals surface area contributed by atoms with E-state index in [1.54, 1.807) is 6.92 Å². The second kappa shape index (κ2) is 8.42. The number of anilines is 1. The molecule has 11 heteroatoms. The van der Waals surface area contributed by atoms with Gasteiger partial charge in [0.25, 0.3) is 9.84 Å². The van der Waals surface area contributed by atoms with Crippen molar-refractivity contribution in [3.8, 4) is 0 Å². The average molecular weight is 411 g/mol. The molecule has 0 atom stereocenters. The van der Waals surface area contributed by atoms with E-state index in [0.29, 0.717) is 32.1 Å². The van der Waals surface area contributed by atoms with Crippen molar-refractivity contribution in [3.05, 3.63) is 24.0 Å². The van der Waals surface area contributed by atoms with Gasteiger partial charge < -0.3 is 10.2 Å². The summed E-state index contributed by atoms with van der Waals surface area (Å²) in [6.45, 7) is 3.84. The maximum Gasteiger partial charge on any atom is 0.501 e. The number of amides is 1. The predicted molar refractivity (Wildman–Crippen MR) is 91.6 cm³/mol. The summed E-state index contributed by atoms with van der Waals surface area (Å²) in [7, 11) is -5.69. The topological polar surface area (TPSA) is 69.7 Å². The number of carbonyl (C=O) groups is 1. The van der Waals surface area contributed by atoms with E-state index in [9.17, 15) is 30.8 Å². The maximum absolute atomic E-state index is 13.5. The van der Waals surface area contributed by atoms with Gasteiger partial charge in [-0.15, -0.1) is 0 Å². The van der Waals surface area contributed by atoms with Gasteiger partial charge in [0.2, 0.25) is 5.91 Å². The first-order valence-electron chi connectivity index (χ1n) is 8.41. The van der Waals surface area contributed by atoms with Gasteiger partial charge in [-0.2, -0.15) is 13.2 Å². The standard InChI is InChI=1S/C16H21F4N3O3S/c1-2-21-15(24)11-22-6-3-7-23(9-8-22)13-5-4-12(17)10-14(13)27(25,26)16(18,19)20/h4-5,10H,2-3,6-9,11H2,1H3,(H,21,24). The van der Waals surface area contributed by atoms with Crippen LogP contribution in [0.1, 0.15) is 13.3 Å². The number of hydrogen-bond acceptors (Lipinski definition) is 5. The predicted octanol–water partition coefficient (Wildman–Crippen LogP) is 1.77. The van der Waals surface area contributed by atoms with Crippen LogP contribution in [0.4, 0.5) is 23.2 Å². The fourth-order valence-electron chi connectivity index (χ4n) is 2.92. The van der Waals surface area contributed by atoms with Gasteiger partial charge in [-0.3, -0.25) is 9.69 Å². The zero-order chi connectivity index (χ0) is 20.2. The number of nitrogens with one attached hydrogen (secondary N) is 1. The van der Waals surface area contributed by atoms with E-state index in [0.717, 1.165) is 12.1 Å². The zero-order valence-electron chi connectivity index (χ0n) is 14.7. The zero-order valence-corrected chi connectivity index (χ0v) is 15.5. The molecule has 27 heavy (non-hydrogen) atoms. The first-order valence-corrected chi connectivity index (χ1v) is 9.89. The fourth-order valence-corrected chi connectivity index (χ4v) is 3.90. The highest BCUT2D eigenvalue weighted by atomic mass is 32.2. The molecule has 1 heterocycles. The molecule has 152 valence electrons. The Bertz CT molecular complexity index is 784. The lowest BCUT2D eigenvalue weighted by Crippen LogP contribution is -2.39. The molecular formula is C16H21F4N3O3S. The van der Waals surface area contributed by atoms with E-state index in [1.807, 2.05) is 4.90 Å². The number of hydrogen-bond donors (Lipinski definition) is 1. The highest BCUT2D eigenvalue weighted by Crippen LogP contribution is 2.36. The van der Waals surface area contributed by atoms with Crippen LogP contribution in [0, 0.1) is 5.82 Å². The van der Waals surface area contributed by atoms with Gasteiger partial charge in [0.15, 0.2) is 0 Å². The van der Waals surface area contributed by atoms with E-state index < -0.39 is 26.1 Å². The number of sulfone groups is 1. The third-order valence-corrected chi connectivity index (χ3v) is 5.70. The minimum absolute atomic E-state index is 0.152. The van der Waals surface area contributed by atoms with Crippen molar-refractivity contribution >= 4 is 21.4 Å². The van der Waals surface area contributed by atoms with Crippen molar-refractivity contribution in [1.29, 1.82) is 0 Å². The molecule has 0 bridgehead atoms. The molecular weight excluding hydrogens is 390 g/mol. The Morgan fingerprint density at radius 2 is 1.89 bits per heavy atom. The van der Waals surface area contributed by atoms with Crippen LogP contribution >= 0.6 is 0 Å². The molecule has 1 aliphatic rings. The molecule has 1 aromatic rings. The highest BCUT2D eigenvalue weighted by molar-refractivity contribution is 7.92. The molecule has 1 aliphatic heterocycles. The summed E-state index contributed by atoms with van der Waals surface area (Å²) in [5.74, 6) is -1.22. The van der Waals surface area contributed by atoms with Gasteiger partial charge in [-0.1, -0.05) is 0 Å². The Kier molecular flexibility index (Phi) is 6.68. The monoisotopic (exact) mass is 411 g/mol. The van der Waals surface area contributed by atoms with Crippen LogP contribution in [-0.4, -0.2) is 64.0 Å². The Labute approximate surface area is 155 Å². The lowest BCUT2D eigenvalue weighted by Gasteiger charge is -2.26. The number of alkyl halides is 3. The minimum atomic E-state index is -5.69. The van der Waals surface area contributed by atoms with Crippen LogP contribution in [0.25, 0.3) is 0 Å². The lowest BCUT2D eigenvalue weighted by molar-refractivity contribution is -0.122. The number of carbonyl (C=O) groups excluding carboxylic acids is 1. The van der Waals surface area contributed by atoms with Crippen LogP contribution in [0.3, 0.4) is 0 Å². The van der Waals surface area contributed by atoms with Gasteiger partial charge in [-0.05, 0) is 31.5 Å². The summed E-state index contributed by atoms with van der Waals surface area (Å²) in [4.78, 5) is 13.9. The number of nitrogens with zero attached hydrogens (tertiary/aromatic N) is 2. The molecule has 6 nitrogen and oxygen atoms in total. The Morgan fingerprint density at radius 3 is 2.52 bits per heavy atom. The Morgan fingerprint density at radius 1 is 1.19 bits per heavy atom. The third kappa shape index (κ3) is 5.10. The Hall–Kier alpha value is -1.88. The number of halogens is 4. The van der Waals surface area contributed by atoms with Gasteiger partial charge in [0.05, 0.1) is 12.2 Å². The summed E-state index contributed by atoms with van der Waals surface area (Å²) in [6, 6.07) is 2.38. The number of rotatable bonds is 5. The van der Waals surface area contributed by atoms with E-state index in [4.69, 9.17) is 0 Å².